The second-order valence-electron chi connectivity index (χ2n) is 4.81. The molecule has 2 heterocycles. The number of tetrazole rings is 1. The number of carboxylic acid groups (broad SMARTS) is 1. The van der Waals surface area contributed by atoms with Gasteiger partial charge in [0.25, 0.3) is 0 Å². The van der Waals surface area contributed by atoms with Gasteiger partial charge < -0.3 is 9.84 Å². The fourth-order valence-electron chi connectivity index (χ4n) is 2.25. The summed E-state index contributed by atoms with van der Waals surface area (Å²) in [7, 11) is 0. The predicted octanol–water partition coefficient (Wildman–Crippen LogP) is 0.678. The minimum Gasteiger partial charge on any atom is -0.481 e. The first-order valence-corrected chi connectivity index (χ1v) is 6.22. The highest BCUT2D eigenvalue weighted by atomic mass is 16.5. The van der Waals surface area contributed by atoms with Crippen LogP contribution in [0.1, 0.15) is 37.9 Å². The second-order valence-corrected chi connectivity index (χ2v) is 4.81. The third kappa shape index (κ3) is 3.25. The minimum absolute atomic E-state index is 0.0181. The molecule has 1 N–H and O–H groups in total. The molecule has 1 unspecified atom stereocenters. The predicted molar refractivity (Wildman–Crippen MR) is 62.0 cm³/mol. The summed E-state index contributed by atoms with van der Waals surface area (Å²) in [6.07, 6.45) is 1.98. The van der Waals surface area contributed by atoms with E-state index in [1.54, 1.807) is 4.68 Å². The topological polar surface area (TPSA) is 90.1 Å². The molecule has 0 aromatic carbocycles. The van der Waals surface area contributed by atoms with Crippen LogP contribution in [-0.2, 0) is 16.1 Å². The molecular weight excluding hydrogens is 236 g/mol. The maximum atomic E-state index is 10.6. The van der Waals surface area contributed by atoms with E-state index in [0.29, 0.717) is 12.5 Å². The molecule has 0 spiro atoms. The lowest BCUT2D eigenvalue weighted by Crippen LogP contribution is -2.21. The van der Waals surface area contributed by atoms with Crippen molar-refractivity contribution in [3.63, 3.8) is 0 Å². The van der Waals surface area contributed by atoms with E-state index < -0.39 is 5.97 Å². The Balaban J connectivity index is 2.00. The Morgan fingerprint density at radius 3 is 2.94 bits per heavy atom. The van der Waals surface area contributed by atoms with Gasteiger partial charge in [0.15, 0.2) is 5.82 Å². The zero-order chi connectivity index (χ0) is 13.0. The maximum absolute atomic E-state index is 10.6. The molecule has 0 amide bonds. The van der Waals surface area contributed by atoms with Crippen LogP contribution in [0.4, 0.5) is 0 Å². The molecule has 1 saturated heterocycles. The van der Waals surface area contributed by atoms with Gasteiger partial charge in [0, 0.05) is 32.1 Å². The van der Waals surface area contributed by atoms with Crippen LogP contribution in [0.25, 0.3) is 0 Å². The first-order chi connectivity index (χ1) is 8.66. The van der Waals surface area contributed by atoms with E-state index in [-0.39, 0.29) is 12.3 Å². The van der Waals surface area contributed by atoms with Crippen LogP contribution in [0.2, 0.25) is 0 Å². The summed E-state index contributed by atoms with van der Waals surface area (Å²) < 4.78 is 7.06. The van der Waals surface area contributed by atoms with Crippen molar-refractivity contribution in [2.45, 2.75) is 38.6 Å². The summed E-state index contributed by atoms with van der Waals surface area (Å²) >= 11 is 0. The smallest absolute Gasteiger partial charge is 0.303 e. The summed E-state index contributed by atoms with van der Waals surface area (Å²) in [5, 5.41) is 20.5. The lowest BCUT2D eigenvalue weighted by molar-refractivity contribution is -0.138. The monoisotopic (exact) mass is 254 g/mol. The Labute approximate surface area is 105 Å². The number of hydrogen-bond donors (Lipinski definition) is 1. The van der Waals surface area contributed by atoms with Crippen molar-refractivity contribution in [2.75, 3.05) is 13.2 Å². The van der Waals surface area contributed by atoms with Gasteiger partial charge in [0.05, 0.1) is 0 Å². The highest BCUT2D eigenvalue weighted by molar-refractivity contribution is 5.66. The Bertz CT molecular complexity index is 401. The molecule has 1 aliphatic rings. The Kier molecular flexibility index (Phi) is 4.24. The molecule has 2 rings (SSSR count). The minimum atomic E-state index is -0.789. The first-order valence-electron chi connectivity index (χ1n) is 6.22. The molecule has 100 valence electrons. The van der Waals surface area contributed by atoms with Crippen molar-refractivity contribution in [3.8, 4) is 0 Å². The number of carboxylic acids is 1. The molecule has 1 aliphatic heterocycles. The van der Waals surface area contributed by atoms with E-state index in [4.69, 9.17) is 9.84 Å². The fraction of sp³-hybridized carbons (Fsp3) is 0.818. The maximum Gasteiger partial charge on any atom is 0.303 e. The number of aliphatic carboxylic acids is 1. The molecule has 0 bridgehead atoms. The lowest BCUT2D eigenvalue weighted by Gasteiger charge is -2.21. The SMILES string of the molecule is CC(CC(=O)O)Cn1nnnc1C1CCOCC1. The van der Waals surface area contributed by atoms with Crippen molar-refractivity contribution in [1.29, 1.82) is 0 Å². The molecule has 0 radical (unpaired) electrons. The number of hydrogen-bond acceptors (Lipinski definition) is 5. The van der Waals surface area contributed by atoms with Gasteiger partial charge in [-0.25, -0.2) is 4.68 Å². The van der Waals surface area contributed by atoms with Gasteiger partial charge in [0.2, 0.25) is 0 Å². The normalized spacial score (nSPS) is 18.7. The van der Waals surface area contributed by atoms with E-state index >= 15 is 0 Å². The van der Waals surface area contributed by atoms with Crippen LogP contribution in [0.15, 0.2) is 0 Å². The average Bonchev–Trinajstić information content (AvgIpc) is 2.77. The van der Waals surface area contributed by atoms with Gasteiger partial charge in [-0.05, 0) is 29.2 Å². The van der Waals surface area contributed by atoms with Gasteiger partial charge in [-0.1, -0.05) is 6.92 Å². The summed E-state index contributed by atoms with van der Waals surface area (Å²) in [5.74, 6) is 0.411. The molecule has 1 atom stereocenters. The number of nitrogens with zero attached hydrogens (tertiary/aromatic N) is 4. The summed E-state index contributed by atoms with van der Waals surface area (Å²) in [6, 6.07) is 0. The van der Waals surface area contributed by atoms with Crippen molar-refractivity contribution in [2.24, 2.45) is 5.92 Å². The van der Waals surface area contributed by atoms with Crippen LogP contribution < -0.4 is 0 Å². The summed E-state index contributed by atoms with van der Waals surface area (Å²) in [4.78, 5) is 10.6. The molecular formula is C11H18N4O3. The van der Waals surface area contributed by atoms with E-state index in [1.807, 2.05) is 6.92 Å². The molecule has 0 saturated carbocycles. The standard InChI is InChI=1S/C11H18N4O3/c1-8(6-10(16)17)7-15-11(12-13-14-15)9-2-4-18-5-3-9/h8-9H,2-7H2,1H3,(H,16,17). The summed E-state index contributed by atoms with van der Waals surface area (Å²) in [6.45, 7) is 3.92. The van der Waals surface area contributed by atoms with E-state index in [9.17, 15) is 4.79 Å². The molecule has 0 aliphatic carbocycles. The number of carbonyl (C=O) groups is 1. The van der Waals surface area contributed by atoms with Crippen LogP contribution >= 0.6 is 0 Å². The second kappa shape index (κ2) is 5.90. The van der Waals surface area contributed by atoms with Crippen molar-refractivity contribution < 1.29 is 14.6 Å². The van der Waals surface area contributed by atoms with E-state index in [0.717, 1.165) is 31.9 Å². The molecule has 18 heavy (non-hydrogen) atoms. The third-order valence-electron chi connectivity index (χ3n) is 3.15. The third-order valence-corrected chi connectivity index (χ3v) is 3.15. The van der Waals surface area contributed by atoms with E-state index in [1.165, 1.54) is 0 Å². The number of ether oxygens (including phenoxy) is 1. The Morgan fingerprint density at radius 1 is 1.56 bits per heavy atom. The van der Waals surface area contributed by atoms with Crippen LogP contribution in [0, 0.1) is 5.92 Å². The molecule has 7 nitrogen and oxygen atoms in total. The summed E-state index contributed by atoms with van der Waals surface area (Å²) in [5.41, 5.74) is 0. The van der Waals surface area contributed by atoms with Crippen LogP contribution in [-0.4, -0.2) is 44.5 Å². The highest BCUT2D eigenvalue weighted by Crippen LogP contribution is 2.25. The fourth-order valence-corrected chi connectivity index (χ4v) is 2.25. The van der Waals surface area contributed by atoms with Crippen molar-refractivity contribution in [1.82, 2.24) is 20.2 Å². The van der Waals surface area contributed by atoms with Crippen LogP contribution in [0.3, 0.4) is 0 Å². The Hall–Kier alpha value is -1.50. The number of rotatable bonds is 5. The van der Waals surface area contributed by atoms with Gasteiger partial charge in [-0.2, -0.15) is 0 Å². The first kappa shape index (κ1) is 12.9. The van der Waals surface area contributed by atoms with Gasteiger partial charge in [-0.3, -0.25) is 4.79 Å². The largest absolute Gasteiger partial charge is 0.481 e. The molecule has 1 fully saturated rings. The van der Waals surface area contributed by atoms with E-state index in [2.05, 4.69) is 15.5 Å². The zero-order valence-corrected chi connectivity index (χ0v) is 10.4. The quantitative estimate of drug-likeness (QED) is 0.830. The van der Waals surface area contributed by atoms with Crippen LogP contribution in [0.5, 0.6) is 0 Å². The van der Waals surface area contributed by atoms with Crippen molar-refractivity contribution in [3.05, 3.63) is 5.82 Å². The molecule has 7 heteroatoms. The number of aromatic nitrogens is 4. The lowest BCUT2D eigenvalue weighted by atomic mass is 9.99. The van der Waals surface area contributed by atoms with Crippen molar-refractivity contribution >= 4 is 5.97 Å². The van der Waals surface area contributed by atoms with Gasteiger partial charge in [-0.15, -0.1) is 5.10 Å². The Morgan fingerprint density at radius 2 is 2.28 bits per heavy atom. The molecule has 1 aromatic heterocycles. The highest BCUT2D eigenvalue weighted by Gasteiger charge is 2.23. The zero-order valence-electron chi connectivity index (χ0n) is 10.4. The average molecular weight is 254 g/mol. The van der Waals surface area contributed by atoms with Gasteiger partial charge >= 0.3 is 5.97 Å². The molecule has 1 aromatic rings. The van der Waals surface area contributed by atoms with Gasteiger partial charge in [0.1, 0.15) is 0 Å².